The Hall–Kier alpha value is -0.610. The maximum atomic E-state index is 11.3. The van der Waals surface area contributed by atoms with Gasteiger partial charge in [-0.3, -0.25) is 9.69 Å². The lowest BCUT2D eigenvalue weighted by molar-refractivity contribution is -0.125. The van der Waals surface area contributed by atoms with E-state index in [0.29, 0.717) is 0 Å². The van der Waals surface area contributed by atoms with Gasteiger partial charge >= 0.3 is 0 Å². The molecule has 4 nitrogen and oxygen atoms in total. The summed E-state index contributed by atoms with van der Waals surface area (Å²) in [5, 5.41) is 2.66. The van der Waals surface area contributed by atoms with E-state index in [1.54, 1.807) is 7.05 Å². The largest absolute Gasteiger partial charge is 0.358 e. The molecule has 1 fully saturated rings. The number of nitrogens with two attached hydrogens (primary N) is 1. The number of rotatable bonds is 2. The van der Waals surface area contributed by atoms with Crippen LogP contribution in [0, 0.1) is 0 Å². The average Bonchev–Trinajstić information content (AvgIpc) is 2.15. The maximum Gasteiger partial charge on any atom is 0.236 e. The molecular formula is C9H19N3O. The zero-order valence-corrected chi connectivity index (χ0v) is 8.42. The number of piperidine rings is 1. The number of carbonyl (C=O) groups is 1. The van der Waals surface area contributed by atoms with Gasteiger partial charge in [-0.05, 0) is 26.3 Å². The van der Waals surface area contributed by atoms with E-state index in [0.717, 1.165) is 25.9 Å². The van der Waals surface area contributed by atoms with Crippen molar-refractivity contribution >= 4 is 5.91 Å². The number of hydrogen-bond acceptors (Lipinski definition) is 3. The highest BCUT2D eigenvalue weighted by Crippen LogP contribution is 2.11. The molecule has 0 aromatic carbocycles. The van der Waals surface area contributed by atoms with Crippen molar-refractivity contribution in [2.45, 2.75) is 31.8 Å². The van der Waals surface area contributed by atoms with Crippen LogP contribution in [0.25, 0.3) is 0 Å². The molecule has 1 rings (SSSR count). The Bertz CT molecular complexity index is 184. The lowest BCUT2D eigenvalue weighted by Crippen LogP contribution is -2.51. The summed E-state index contributed by atoms with van der Waals surface area (Å²) >= 11 is 0. The topological polar surface area (TPSA) is 58.4 Å². The molecule has 0 aliphatic carbocycles. The van der Waals surface area contributed by atoms with E-state index in [4.69, 9.17) is 5.73 Å². The molecule has 0 aromatic heterocycles. The van der Waals surface area contributed by atoms with Crippen LogP contribution in [0.2, 0.25) is 0 Å². The van der Waals surface area contributed by atoms with Gasteiger partial charge in [0.2, 0.25) is 5.91 Å². The Kier molecular flexibility index (Phi) is 3.69. The molecule has 1 heterocycles. The predicted molar refractivity (Wildman–Crippen MR) is 52.3 cm³/mol. The fourth-order valence-electron chi connectivity index (χ4n) is 1.77. The van der Waals surface area contributed by atoms with Crippen molar-refractivity contribution in [3.05, 3.63) is 0 Å². The van der Waals surface area contributed by atoms with Crippen LogP contribution in [0.3, 0.4) is 0 Å². The Balaban J connectivity index is 2.45. The van der Waals surface area contributed by atoms with Crippen LogP contribution in [0.1, 0.15) is 19.8 Å². The molecule has 3 N–H and O–H groups in total. The highest BCUT2D eigenvalue weighted by atomic mass is 16.2. The third-order valence-electron chi connectivity index (χ3n) is 2.66. The first-order valence-corrected chi connectivity index (χ1v) is 4.86. The SMILES string of the molecule is CNC(=O)C(C)N1CCCC(N)C1. The fraction of sp³-hybridized carbons (Fsp3) is 0.889. The number of hydrogen-bond donors (Lipinski definition) is 2. The minimum absolute atomic E-state index is 0.0450. The van der Waals surface area contributed by atoms with Crippen LogP contribution in [0.15, 0.2) is 0 Å². The number of nitrogens with one attached hydrogen (secondary N) is 1. The molecule has 0 saturated carbocycles. The van der Waals surface area contributed by atoms with E-state index in [1.165, 1.54) is 0 Å². The van der Waals surface area contributed by atoms with Gasteiger partial charge in [-0.15, -0.1) is 0 Å². The van der Waals surface area contributed by atoms with Gasteiger partial charge in [-0.1, -0.05) is 0 Å². The molecule has 1 amide bonds. The second-order valence-corrected chi connectivity index (χ2v) is 3.69. The smallest absolute Gasteiger partial charge is 0.236 e. The summed E-state index contributed by atoms with van der Waals surface area (Å²) in [5.41, 5.74) is 5.83. The Labute approximate surface area is 79.5 Å². The Morgan fingerprint density at radius 1 is 1.69 bits per heavy atom. The standard InChI is InChI=1S/C9H19N3O/c1-7(9(13)11-2)12-5-3-4-8(10)6-12/h7-8H,3-6,10H2,1-2H3,(H,11,13). The van der Waals surface area contributed by atoms with Crippen LogP contribution in [-0.2, 0) is 4.79 Å². The van der Waals surface area contributed by atoms with Crippen LogP contribution in [0.5, 0.6) is 0 Å². The minimum atomic E-state index is -0.0450. The van der Waals surface area contributed by atoms with E-state index in [2.05, 4.69) is 10.2 Å². The fourth-order valence-corrected chi connectivity index (χ4v) is 1.77. The molecule has 1 aliphatic rings. The first kappa shape index (κ1) is 10.5. The van der Waals surface area contributed by atoms with Crippen molar-refractivity contribution in [3.63, 3.8) is 0 Å². The van der Waals surface area contributed by atoms with E-state index in [1.807, 2.05) is 6.92 Å². The highest BCUT2D eigenvalue weighted by Gasteiger charge is 2.24. The van der Waals surface area contributed by atoms with Gasteiger partial charge in [0.15, 0.2) is 0 Å². The van der Waals surface area contributed by atoms with Crippen molar-refractivity contribution in [2.75, 3.05) is 20.1 Å². The maximum absolute atomic E-state index is 11.3. The van der Waals surface area contributed by atoms with Gasteiger partial charge in [0.1, 0.15) is 0 Å². The van der Waals surface area contributed by atoms with E-state index in [9.17, 15) is 4.79 Å². The van der Waals surface area contributed by atoms with Gasteiger partial charge in [0, 0.05) is 19.6 Å². The number of likely N-dealkylation sites (N-methyl/N-ethyl adjacent to an activating group) is 1. The lowest BCUT2D eigenvalue weighted by Gasteiger charge is -2.34. The van der Waals surface area contributed by atoms with Gasteiger partial charge < -0.3 is 11.1 Å². The lowest BCUT2D eigenvalue weighted by atomic mass is 10.0. The number of likely N-dealkylation sites (tertiary alicyclic amines) is 1. The van der Waals surface area contributed by atoms with Gasteiger partial charge in [-0.2, -0.15) is 0 Å². The first-order valence-electron chi connectivity index (χ1n) is 4.86. The van der Waals surface area contributed by atoms with E-state index >= 15 is 0 Å². The summed E-state index contributed by atoms with van der Waals surface area (Å²) in [6, 6.07) is 0.192. The summed E-state index contributed by atoms with van der Waals surface area (Å²) in [4.78, 5) is 13.5. The normalized spacial score (nSPS) is 26.8. The van der Waals surface area contributed by atoms with Crippen LogP contribution >= 0.6 is 0 Å². The predicted octanol–water partition coefficient (Wildman–Crippen LogP) is -0.456. The number of amides is 1. The van der Waals surface area contributed by atoms with E-state index in [-0.39, 0.29) is 18.0 Å². The summed E-state index contributed by atoms with van der Waals surface area (Å²) in [5.74, 6) is 0.0779. The Morgan fingerprint density at radius 3 is 2.92 bits per heavy atom. The van der Waals surface area contributed by atoms with Crippen molar-refractivity contribution < 1.29 is 4.79 Å². The average molecular weight is 185 g/mol. The molecule has 0 spiro atoms. The summed E-state index contributed by atoms with van der Waals surface area (Å²) in [7, 11) is 1.67. The second-order valence-electron chi connectivity index (χ2n) is 3.69. The zero-order valence-electron chi connectivity index (χ0n) is 8.42. The van der Waals surface area contributed by atoms with Crippen LogP contribution in [-0.4, -0.2) is 43.0 Å². The first-order chi connectivity index (χ1) is 6.15. The van der Waals surface area contributed by atoms with Crippen molar-refractivity contribution in [3.8, 4) is 0 Å². The zero-order chi connectivity index (χ0) is 9.84. The number of carbonyl (C=O) groups excluding carboxylic acids is 1. The molecule has 2 unspecified atom stereocenters. The van der Waals surface area contributed by atoms with Crippen molar-refractivity contribution in [1.29, 1.82) is 0 Å². The van der Waals surface area contributed by atoms with Gasteiger partial charge in [0.25, 0.3) is 0 Å². The summed E-state index contributed by atoms with van der Waals surface area (Å²) in [6.07, 6.45) is 2.18. The highest BCUT2D eigenvalue weighted by molar-refractivity contribution is 5.80. The molecule has 0 radical (unpaired) electrons. The molecule has 2 atom stereocenters. The van der Waals surface area contributed by atoms with Gasteiger partial charge in [-0.25, -0.2) is 0 Å². The molecule has 1 aliphatic heterocycles. The molecule has 0 aromatic rings. The van der Waals surface area contributed by atoms with E-state index < -0.39 is 0 Å². The van der Waals surface area contributed by atoms with Crippen molar-refractivity contribution in [2.24, 2.45) is 5.73 Å². The minimum Gasteiger partial charge on any atom is -0.358 e. The monoisotopic (exact) mass is 185 g/mol. The summed E-state index contributed by atoms with van der Waals surface area (Å²) in [6.45, 7) is 3.76. The number of nitrogens with zero attached hydrogens (tertiary/aromatic N) is 1. The molecule has 13 heavy (non-hydrogen) atoms. The second kappa shape index (κ2) is 4.58. The molecule has 76 valence electrons. The molecule has 1 saturated heterocycles. The molecule has 0 bridgehead atoms. The molecular weight excluding hydrogens is 166 g/mol. The quantitative estimate of drug-likeness (QED) is 0.612. The Morgan fingerprint density at radius 2 is 2.38 bits per heavy atom. The third kappa shape index (κ3) is 2.67. The summed E-state index contributed by atoms with van der Waals surface area (Å²) < 4.78 is 0. The van der Waals surface area contributed by atoms with Crippen LogP contribution in [0.4, 0.5) is 0 Å². The van der Waals surface area contributed by atoms with Crippen molar-refractivity contribution in [1.82, 2.24) is 10.2 Å². The van der Waals surface area contributed by atoms with Crippen LogP contribution < -0.4 is 11.1 Å². The third-order valence-corrected chi connectivity index (χ3v) is 2.66. The van der Waals surface area contributed by atoms with Gasteiger partial charge in [0.05, 0.1) is 6.04 Å². The molecule has 4 heteroatoms.